The van der Waals surface area contributed by atoms with Crippen LogP contribution in [0.2, 0.25) is 0 Å². The first-order valence-corrected chi connectivity index (χ1v) is 38.7. The molecule has 12 heteroatoms. The molecule has 3 aromatic heterocycles. The molecule has 510 valence electrons. The average Bonchev–Trinajstić information content (AvgIpc) is 1.54. The summed E-state index contributed by atoms with van der Waals surface area (Å²) in [6, 6.07) is 55.4. The van der Waals surface area contributed by atoms with Crippen LogP contribution in [-0.2, 0) is 5.41 Å². The molecule has 10 aromatic rings. The maximum atomic E-state index is 11.7. The predicted molar refractivity (Wildman–Crippen MR) is 413 cm³/mol. The first-order valence-electron chi connectivity index (χ1n) is 36.3. The van der Waals surface area contributed by atoms with Crippen molar-refractivity contribution in [3.05, 3.63) is 183 Å². The molecule has 0 radical (unpaired) electrons. The van der Waals surface area contributed by atoms with E-state index in [1.807, 2.05) is 34.8 Å². The molecule has 1 aliphatic rings. The van der Waals surface area contributed by atoms with Crippen LogP contribution in [0.4, 0.5) is 17.1 Å². The Hall–Kier alpha value is -8.21. The van der Waals surface area contributed by atoms with Gasteiger partial charge in [0, 0.05) is 77.1 Å². The second-order valence-corrected chi connectivity index (χ2v) is 29.0. The number of fused-ring (bicyclic) bond motifs is 4. The van der Waals surface area contributed by atoms with Gasteiger partial charge < -0.3 is 29.0 Å². The molecule has 1 N–H and O–H groups in total. The monoisotopic (exact) mass is 1360 g/mol. The summed E-state index contributed by atoms with van der Waals surface area (Å²) in [5.74, 6) is 10.5. The highest BCUT2D eigenvalue weighted by molar-refractivity contribution is 7.17. The Bertz CT molecular complexity index is 4160. The van der Waals surface area contributed by atoms with Gasteiger partial charge in [-0.3, -0.25) is 0 Å². The van der Waals surface area contributed by atoms with Gasteiger partial charge in [-0.1, -0.05) is 193 Å². The second-order valence-electron chi connectivity index (χ2n) is 26.4. The van der Waals surface area contributed by atoms with Gasteiger partial charge in [-0.05, 0) is 175 Å². The first-order chi connectivity index (χ1) is 48.0. The largest absolute Gasteiger partial charge is 0.493 e. The minimum absolute atomic E-state index is 0.146. The molecule has 0 saturated carbocycles. The Balaban J connectivity index is 0.961. The van der Waals surface area contributed by atoms with Gasteiger partial charge in [-0.2, -0.15) is 8.75 Å². The lowest BCUT2D eigenvalue weighted by molar-refractivity contribution is 0.0696. The number of unbranched alkanes of at least 4 members (excludes halogenated alkanes) is 6. The highest BCUT2D eigenvalue weighted by atomic mass is 32.1. The van der Waals surface area contributed by atoms with Gasteiger partial charge in [-0.25, -0.2) is 4.79 Å². The fourth-order valence-electron chi connectivity index (χ4n) is 13.7. The molecule has 1 aliphatic carbocycles. The quantitative estimate of drug-likeness (QED) is 0.0304. The number of carbonyl (C=O) groups is 1. The van der Waals surface area contributed by atoms with Gasteiger partial charge in [0.2, 0.25) is 0 Å². The summed E-state index contributed by atoms with van der Waals surface area (Å²) in [7, 11) is 0. The third kappa shape index (κ3) is 16.6. The van der Waals surface area contributed by atoms with Crippen molar-refractivity contribution in [2.24, 2.45) is 11.8 Å². The van der Waals surface area contributed by atoms with Crippen LogP contribution in [0, 0.1) is 23.7 Å². The average molecular weight is 1360 g/mol. The van der Waals surface area contributed by atoms with E-state index >= 15 is 0 Å². The standard InChI is InChI=1S/C86H97N3O6S3/c1-9-17-23-59(15-7)57-86(58-60(16-8)24-18-10-2)83-76(55-71(96-83)44-27-61-25-28-65(29-26-61)85(90)91)77-56-80(97-84(77)86)75-48-47-74(81-82(75)88-98-87-81)64-34-40-68(41-35-64)89(66-36-30-62(31-37-66)72-45-42-69(92-49-19-11-3)53-78(72)94-51-21-13-5)67-38-32-63(33-39-67)73-46-43-70(93-50-20-12-4)54-79(73)95-52-22-14-6/h25-26,28-43,45-48,53-56,59-60H,9-24,49-52,57-58H2,1-8H3,(H,90,91). The van der Waals surface area contributed by atoms with Crippen molar-refractivity contribution in [1.82, 2.24) is 8.75 Å². The van der Waals surface area contributed by atoms with Crippen molar-refractivity contribution in [2.45, 2.75) is 176 Å². The van der Waals surface area contributed by atoms with E-state index in [9.17, 15) is 9.90 Å². The van der Waals surface area contributed by atoms with Gasteiger partial charge >= 0.3 is 5.97 Å². The molecule has 98 heavy (non-hydrogen) atoms. The Morgan fingerprint density at radius 1 is 0.459 bits per heavy atom. The first kappa shape index (κ1) is 71.1. The van der Waals surface area contributed by atoms with Crippen LogP contribution in [0.25, 0.3) is 66.0 Å². The lowest BCUT2D eigenvalue weighted by Crippen LogP contribution is -2.30. The molecular formula is C86H97N3O6S3. The number of benzene rings is 7. The molecule has 0 saturated heterocycles. The molecule has 0 aliphatic heterocycles. The van der Waals surface area contributed by atoms with Crippen LogP contribution in [0.5, 0.6) is 23.0 Å². The minimum atomic E-state index is -0.936. The topological polar surface area (TPSA) is 103 Å². The summed E-state index contributed by atoms with van der Waals surface area (Å²) >= 11 is 5.15. The Labute approximate surface area is 595 Å². The molecule has 0 spiro atoms. The minimum Gasteiger partial charge on any atom is -0.493 e. The van der Waals surface area contributed by atoms with Crippen molar-refractivity contribution < 1.29 is 28.8 Å². The van der Waals surface area contributed by atoms with Gasteiger partial charge in [-0.15, -0.1) is 22.7 Å². The number of aromatic nitrogens is 2. The van der Waals surface area contributed by atoms with E-state index in [1.54, 1.807) is 12.1 Å². The number of hydrogen-bond acceptors (Lipinski definition) is 11. The zero-order valence-electron chi connectivity index (χ0n) is 58.8. The molecular weight excluding hydrogens is 1270 g/mol. The highest BCUT2D eigenvalue weighted by Crippen LogP contribution is 2.62. The summed E-state index contributed by atoms with van der Waals surface area (Å²) in [5, 5.41) is 9.59. The summed E-state index contributed by atoms with van der Waals surface area (Å²) in [5.41, 5.74) is 15.9. The van der Waals surface area contributed by atoms with Gasteiger partial charge in [0.25, 0.3) is 0 Å². The van der Waals surface area contributed by atoms with Crippen LogP contribution in [0.15, 0.2) is 158 Å². The number of rotatable bonds is 36. The second kappa shape index (κ2) is 34.5. The number of hydrogen-bond donors (Lipinski definition) is 1. The lowest BCUT2D eigenvalue weighted by Gasteiger charge is -2.37. The molecule has 0 bridgehead atoms. The fourth-order valence-corrected chi connectivity index (χ4v) is 17.0. The Morgan fingerprint density at radius 2 is 0.888 bits per heavy atom. The van der Waals surface area contributed by atoms with Crippen molar-refractivity contribution in [3.63, 3.8) is 0 Å². The highest BCUT2D eigenvalue weighted by Gasteiger charge is 2.48. The maximum Gasteiger partial charge on any atom is 0.335 e. The number of aromatic carboxylic acids is 1. The van der Waals surface area contributed by atoms with E-state index in [0.717, 1.165) is 178 Å². The third-order valence-corrected chi connectivity index (χ3v) is 22.5. The van der Waals surface area contributed by atoms with Gasteiger partial charge in [0.15, 0.2) is 0 Å². The molecule has 3 heterocycles. The Kier molecular flexibility index (Phi) is 25.0. The van der Waals surface area contributed by atoms with Crippen molar-refractivity contribution >= 4 is 68.5 Å². The zero-order chi connectivity index (χ0) is 68.4. The number of carboxylic acids is 1. The SMILES string of the molecule is CCCCOc1ccc(-c2ccc(N(c3ccc(-c4ccc(OCCCC)cc4OCCCC)cc3)c3ccc(-c4ccc(-c5cc6c(s5)C(CC(CC)CCCC)(CC(CC)CCCC)c5sc(C#Cc7ccc(C(=O)O)cc7)cc5-6)c5nsnc45)cc3)cc2)c(OCCCC)c1. The van der Waals surface area contributed by atoms with Crippen LogP contribution in [-0.4, -0.2) is 46.3 Å². The number of nitrogens with zero attached hydrogens (tertiary/aromatic N) is 3. The summed E-state index contributed by atoms with van der Waals surface area (Å²) in [4.78, 5) is 19.3. The molecule has 0 amide bonds. The molecule has 7 aromatic carbocycles. The number of carboxylic acid groups (broad SMARTS) is 1. The Morgan fingerprint density at radius 3 is 1.36 bits per heavy atom. The van der Waals surface area contributed by atoms with Gasteiger partial charge in [0.1, 0.15) is 34.0 Å². The van der Waals surface area contributed by atoms with Crippen LogP contribution in [0.1, 0.15) is 202 Å². The number of anilines is 3. The lowest BCUT2D eigenvalue weighted by atomic mass is 9.70. The zero-order valence-corrected chi connectivity index (χ0v) is 61.2. The number of ether oxygens (including phenoxy) is 4. The van der Waals surface area contributed by atoms with E-state index in [0.29, 0.717) is 38.3 Å². The number of thiophene rings is 2. The summed E-state index contributed by atoms with van der Waals surface area (Å²) in [6.45, 7) is 20.8. The molecule has 9 nitrogen and oxygen atoms in total. The van der Waals surface area contributed by atoms with Crippen LogP contribution in [0.3, 0.4) is 0 Å². The normalized spacial score (nSPS) is 13.8. The van der Waals surface area contributed by atoms with E-state index in [-0.39, 0.29) is 11.0 Å². The molecule has 2 unspecified atom stereocenters. The summed E-state index contributed by atoms with van der Waals surface area (Å²) in [6.07, 6.45) is 20.0. The molecule has 11 rings (SSSR count). The van der Waals surface area contributed by atoms with Gasteiger partial charge in [0.05, 0.1) is 48.6 Å². The maximum absolute atomic E-state index is 11.7. The predicted octanol–water partition coefficient (Wildman–Crippen LogP) is 25.2. The van der Waals surface area contributed by atoms with Crippen molar-refractivity contribution in [1.29, 1.82) is 0 Å². The van der Waals surface area contributed by atoms with E-state index in [2.05, 4.69) is 206 Å². The fraction of sp³-hybridized carbons (Fsp3) is 0.384. The smallest absolute Gasteiger partial charge is 0.335 e. The van der Waals surface area contributed by atoms with Crippen molar-refractivity contribution in [2.75, 3.05) is 31.3 Å². The third-order valence-electron chi connectivity index (χ3n) is 19.4. The molecule has 2 atom stereocenters. The van der Waals surface area contributed by atoms with E-state index in [4.69, 9.17) is 27.7 Å². The van der Waals surface area contributed by atoms with E-state index < -0.39 is 5.97 Å². The van der Waals surface area contributed by atoms with Crippen molar-refractivity contribution in [3.8, 4) is 89.8 Å². The summed E-state index contributed by atoms with van der Waals surface area (Å²) < 4.78 is 35.5. The van der Waals surface area contributed by atoms with Crippen LogP contribution < -0.4 is 23.8 Å². The van der Waals surface area contributed by atoms with E-state index in [1.165, 1.54) is 76.0 Å². The van der Waals surface area contributed by atoms with Crippen LogP contribution >= 0.6 is 34.4 Å². The molecule has 0 fully saturated rings.